The van der Waals surface area contributed by atoms with Gasteiger partial charge in [-0.15, -0.1) is 0 Å². The Balaban J connectivity index is 2.74. The van der Waals surface area contributed by atoms with Gasteiger partial charge in [-0.1, -0.05) is 40.2 Å². The zero-order valence-corrected chi connectivity index (χ0v) is 9.51. The first-order valence-corrected chi connectivity index (χ1v) is 5.37. The van der Waals surface area contributed by atoms with E-state index in [4.69, 9.17) is 0 Å². The molecule has 1 saturated carbocycles. The van der Waals surface area contributed by atoms with E-state index in [9.17, 15) is 10.2 Å². The summed E-state index contributed by atoms with van der Waals surface area (Å²) in [5.74, 6) is 0. The van der Waals surface area contributed by atoms with Gasteiger partial charge in [-0.25, -0.2) is 0 Å². The summed E-state index contributed by atoms with van der Waals surface area (Å²) in [6.07, 6.45) is 2.95. The molecule has 1 rings (SSSR count). The second kappa shape index (κ2) is 3.67. The molecule has 0 heterocycles. The van der Waals surface area contributed by atoms with Crippen molar-refractivity contribution in [1.82, 2.24) is 0 Å². The molecule has 1 aliphatic rings. The lowest BCUT2D eigenvalue weighted by Crippen LogP contribution is -2.39. The predicted octanol–water partition coefficient (Wildman–Crippen LogP) is 2.25. The third-order valence-electron chi connectivity index (χ3n) is 3.18. The van der Waals surface area contributed by atoms with E-state index in [1.54, 1.807) is 0 Å². The largest absolute Gasteiger partial charge is 0.388 e. The van der Waals surface area contributed by atoms with E-state index < -0.39 is 11.7 Å². The van der Waals surface area contributed by atoms with E-state index in [1.165, 1.54) is 0 Å². The summed E-state index contributed by atoms with van der Waals surface area (Å²) in [5.41, 5.74) is -0.454. The highest BCUT2D eigenvalue weighted by Gasteiger charge is 2.40. The van der Waals surface area contributed by atoms with Crippen LogP contribution < -0.4 is 0 Å². The van der Waals surface area contributed by atoms with Gasteiger partial charge in [0.15, 0.2) is 0 Å². The van der Waals surface area contributed by atoms with Crippen LogP contribution in [-0.2, 0) is 0 Å². The molecule has 1 fully saturated rings. The normalized spacial score (nSPS) is 23.5. The molecule has 14 heavy (non-hydrogen) atoms. The molecular weight excluding hydrogens is 176 g/mol. The quantitative estimate of drug-likeness (QED) is 0.668. The Kier molecular flexibility index (Phi) is 3.07. The SMILES string of the molecule is C=C(C(O)C(C)(C)C)C1(O)CCCC1. The molecular formula is C12H22O2. The number of aliphatic hydroxyl groups excluding tert-OH is 1. The van der Waals surface area contributed by atoms with Crippen molar-refractivity contribution in [3.05, 3.63) is 12.2 Å². The topological polar surface area (TPSA) is 40.5 Å². The Bertz CT molecular complexity index is 219. The van der Waals surface area contributed by atoms with E-state index in [0.717, 1.165) is 25.7 Å². The summed E-state index contributed by atoms with van der Waals surface area (Å²) >= 11 is 0. The number of hydrogen-bond acceptors (Lipinski definition) is 2. The van der Waals surface area contributed by atoms with Crippen molar-refractivity contribution in [2.45, 2.75) is 58.2 Å². The van der Waals surface area contributed by atoms with Crippen molar-refractivity contribution in [3.8, 4) is 0 Å². The monoisotopic (exact) mass is 198 g/mol. The molecule has 0 saturated heterocycles. The molecule has 2 nitrogen and oxygen atoms in total. The van der Waals surface area contributed by atoms with E-state index in [2.05, 4.69) is 6.58 Å². The lowest BCUT2D eigenvalue weighted by Gasteiger charge is -2.35. The van der Waals surface area contributed by atoms with Gasteiger partial charge in [0.25, 0.3) is 0 Å². The Labute approximate surface area is 86.6 Å². The van der Waals surface area contributed by atoms with E-state index in [0.29, 0.717) is 5.57 Å². The van der Waals surface area contributed by atoms with Crippen LogP contribution in [0.3, 0.4) is 0 Å². The standard InChI is InChI=1S/C12H22O2/c1-9(10(13)11(2,3)4)12(14)7-5-6-8-12/h10,13-14H,1,5-8H2,2-4H3. The lowest BCUT2D eigenvalue weighted by molar-refractivity contribution is 0.0202. The van der Waals surface area contributed by atoms with E-state index in [1.807, 2.05) is 20.8 Å². The van der Waals surface area contributed by atoms with Crippen LogP contribution in [0, 0.1) is 5.41 Å². The third-order valence-corrected chi connectivity index (χ3v) is 3.18. The van der Waals surface area contributed by atoms with Crippen molar-refractivity contribution < 1.29 is 10.2 Å². The Morgan fingerprint density at radius 2 is 1.71 bits per heavy atom. The van der Waals surface area contributed by atoms with Gasteiger partial charge in [-0.2, -0.15) is 0 Å². The molecule has 1 atom stereocenters. The first-order valence-electron chi connectivity index (χ1n) is 5.37. The zero-order valence-electron chi connectivity index (χ0n) is 9.51. The molecule has 82 valence electrons. The van der Waals surface area contributed by atoms with Crippen LogP contribution >= 0.6 is 0 Å². The Morgan fingerprint density at radius 1 is 1.29 bits per heavy atom. The maximum Gasteiger partial charge on any atom is 0.0879 e. The molecule has 1 unspecified atom stereocenters. The molecule has 0 aromatic carbocycles. The van der Waals surface area contributed by atoms with E-state index in [-0.39, 0.29) is 5.41 Å². The summed E-state index contributed by atoms with van der Waals surface area (Å²) in [6, 6.07) is 0. The van der Waals surface area contributed by atoms with Gasteiger partial charge in [0, 0.05) is 0 Å². The van der Waals surface area contributed by atoms with Crippen LogP contribution in [-0.4, -0.2) is 21.9 Å². The molecule has 1 aliphatic carbocycles. The predicted molar refractivity (Wildman–Crippen MR) is 58.0 cm³/mol. The average Bonchev–Trinajstić information content (AvgIpc) is 2.49. The first kappa shape index (κ1) is 11.7. The molecule has 0 aromatic heterocycles. The molecule has 0 radical (unpaired) electrons. The number of hydrogen-bond donors (Lipinski definition) is 2. The summed E-state index contributed by atoms with van der Waals surface area (Å²) < 4.78 is 0. The average molecular weight is 198 g/mol. The zero-order chi connectivity index (χ0) is 11.0. The minimum Gasteiger partial charge on any atom is -0.388 e. The highest BCUT2D eigenvalue weighted by molar-refractivity contribution is 5.20. The van der Waals surface area contributed by atoms with Crippen LogP contribution in [0.4, 0.5) is 0 Å². The summed E-state index contributed by atoms with van der Waals surface area (Å²) in [4.78, 5) is 0. The van der Waals surface area contributed by atoms with E-state index >= 15 is 0 Å². The minimum atomic E-state index is -0.813. The highest BCUT2D eigenvalue weighted by Crippen LogP contribution is 2.39. The van der Waals surface area contributed by atoms with Gasteiger partial charge < -0.3 is 10.2 Å². The van der Waals surface area contributed by atoms with Crippen LogP contribution in [0.2, 0.25) is 0 Å². The lowest BCUT2D eigenvalue weighted by atomic mass is 9.78. The van der Waals surface area contributed by atoms with Crippen molar-refractivity contribution in [1.29, 1.82) is 0 Å². The van der Waals surface area contributed by atoms with Crippen LogP contribution in [0.25, 0.3) is 0 Å². The van der Waals surface area contributed by atoms with Gasteiger partial charge in [0.2, 0.25) is 0 Å². The summed E-state index contributed by atoms with van der Waals surface area (Å²) in [6.45, 7) is 9.75. The fraction of sp³-hybridized carbons (Fsp3) is 0.833. The summed E-state index contributed by atoms with van der Waals surface area (Å²) in [5, 5.41) is 20.3. The fourth-order valence-corrected chi connectivity index (χ4v) is 2.06. The maximum absolute atomic E-state index is 10.2. The second-order valence-electron chi connectivity index (χ2n) is 5.53. The van der Waals surface area contributed by atoms with Gasteiger partial charge >= 0.3 is 0 Å². The van der Waals surface area contributed by atoms with Crippen molar-refractivity contribution in [2.24, 2.45) is 5.41 Å². The van der Waals surface area contributed by atoms with Crippen LogP contribution in [0.5, 0.6) is 0 Å². The van der Waals surface area contributed by atoms with Gasteiger partial charge in [-0.05, 0) is 23.8 Å². The Morgan fingerprint density at radius 3 is 2.07 bits per heavy atom. The van der Waals surface area contributed by atoms with Crippen molar-refractivity contribution in [2.75, 3.05) is 0 Å². The van der Waals surface area contributed by atoms with Crippen molar-refractivity contribution >= 4 is 0 Å². The first-order chi connectivity index (χ1) is 6.27. The fourth-order valence-electron chi connectivity index (χ4n) is 2.06. The highest BCUT2D eigenvalue weighted by atomic mass is 16.3. The minimum absolute atomic E-state index is 0.241. The van der Waals surface area contributed by atoms with Gasteiger partial charge in [-0.3, -0.25) is 0 Å². The van der Waals surface area contributed by atoms with Crippen LogP contribution in [0.15, 0.2) is 12.2 Å². The molecule has 2 heteroatoms. The van der Waals surface area contributed by atoms with Crippen LogP contribution in [0.1, 0.15) is 46.5 Å². The third kappa shape index (κ3) is 2.18. The molecule has 0 aromatic rings. The number of aliphatic hydroxyl groups is 2. The molecule has 0 bridgehead atoms. The van der Waals surface area contributed by atoms with Gasteiger partial charge in [0.05, 0.1) is 11.7 Å². The molecule has 0 amide bonds. The van der Waals surface area contributed by atoms with Crippen molar-refractivity contribution in [3.63, 3.8) is 0 Å². The number of rotatable bonds is 2. The molecule has 2 N–H and O–H groups in total. The molecule has 0 spiro atoms. The maximum atomic E-state index is 10.2. The van der Waals surface area contributed by atoms with Gasteiger partial charge in [0.1, 0.15) is 0 Å². The molecule has 0 aliphatic heterocycles. The smallest absolute Gasteiger partial charge is 0.0879 e. The Hall–Kier alpha value is -0.340. The summed E-state index contributed by atoms with van der Waals surface area (Å²) in [7, 11) is 0. The second-order valence-corrected chi connectivity index (χ2v) is 5.53.